The average molecular weight is 464 g/mol. The largest absolute Gasteiger partial charge is 0.493 e. The zero-order valence-corrected chi connectivity index (χ0v) is 18.9. The first-order chi connectivity index (χ1) is 16.4. The van der Waals surface area contributed by atoms with E-state index in [2.05, 4.69) is 10.1 Å². The standard InChI is InChI=1S/C25H21FN2O6/c1-27-24(30)22(17(11-29)18-12-34-23-13(18)6-5-7-21(23)32-3)16-10-28(2)20-9-15(25(31)33-4)19(26)8-14(16)20/h5-12H,1-4H3,(H,27,30)/b22-17+. The molecule has 2 aromatic heterocycles. The van der Waals surface area contributed by atoms with Crippen molar-refractivity contribution in [3.05, 3.63) is 65.3 Å². The van der Waals surface area contributed by atoms with E-state index < -0.39 is 17.7 Å². The van der Waals surface area contributed by atoms with Gasteiger partial charge in [0, 0.05) is 53.3 Å². The van der Waals surface area contributed by atoms with Crippen molar-refractivity contribution in [1.82, 2.24) is 9.88 Å². The van der Waals surface area contributed by atoms with Crippen LogP contribution in [0.4, 0.5) is 4.39 Å². The summed E-state index contributed by atoms with van der Waals surface area (Å²) < 4.78 is 32.1. The van der Waals surface area contributed by atoms with Crippen LogP contribution in [0.1, 0.15) is 21.5 Å². The van der Waals surface area contributed by atoms with Gasteiger partial charge in [-0.2, -0.15) is 0 Å². The molecule has 2 heterocycles. The van der Waals surface area contributed by atoms with Gasteiger partial charge in [-0.05, 0) is 18.2 Å². The number of benzene rings is 2. The molecule has 34 heavy (non-hydrogen) atoms. The summed E-state index contributed by atoms with van der Waals surface area (Å²) in [5.41, 5.74) is 1.43. The number of rotatable bonds is 6. The Hall–Kier alpha value is -4.40. The third-order valence-corrected chi connectivity index (χ3v) is 5.67. The monoisotopic (exact) mass is 464 g/mol. The first-order valence-electron chi connectivity index (χ1n) is 10.2. The summed E-state index contributed by atoms with van der Waals surface area (Å²) in [6, 6.07) is 7.70. The number of amides is 1. The van der Waals surface area contributed by atoms with E-state index in [0.717, 1.165) is 13.2 Å². The Bertz CT molecular complexity index is 1490. The zero-order chi connectivity index (χ0) is 24.6. The number of likely N-dealkylation sites (N-methyl/N-ethyl adjacent to an activating group) is 1. The lowest BCUT2D eigenvalue weighted by Gasteiger charge is -2.10. The SMILES string of the molecule is CNC(=O)/C(=C(\C=O)c1coc2c(OC)cccc12)c1cn(C)c2cc(C(=O)OC)c(F)cc12. The normalized spacial score (nSPS) is 11.9. The number of hydrogen-bond acceptors (Lipinski definition) is 6. The number of halogens is 1. The van der Waals surface area contributed by atoms with Gasteiger partial charge in [0.15, 0.2) is 17.6 Å². The van der Waals surface area contributed by atoms with Gasteiger partial charge in [0.25, 0.3) is 5.91 Å². The fraction of sp³-hybridized carbons (Fsp3) is 0.160. The zero-order valence-electron chi connectivity index (χ0n) is 18.9. The minimum absolute atomic E-state index is 0.0267. The van der Waals surface area contributed by atoms with Gasteiger partial charge < -0.3 is 23.8 Å². The minimum atomic E-state index is -0.823. The second kappa shape index (κ2) is 8.86. The molecule has 0 saturated carbocycles. The third-order valence-electron chi connectivity index (χ3n) is 5.67. The molecule has 9 heteroatoms. The molecule has 0 aliphatic heterocycles. The van der Waals surface area contributed by atoms with Crippen LogP contribution in [-0.2, 0) is 21.4 Å². The molecule has 174 valence electrons. The number of aldehydes is 1. The maximum atomic E-state index is 14.8. The van der Waals surface area contributed by atoms with E-state index in [1.807, 2.05) is 0 Å². The van der Waals surface area contributed by atoms with Crippen molar-refractivity contribution in [2.75, 3.05) is 21.3 Å². The molecule has 0 aliphatic rings. The predicted octanol–water partition coefficient (Wildman–Crippen LogP) is 3.71. The van der Waals surface area contributed by atoms with Crippen LogP contribution in [0.5, 0.6) is 5.75 Å². The highest BCUT2D eigenvalue weighted by Gasteiger charge is 2.26. The number of aromatic nitrogens is 1. The van der Waals surface area contributed by atoms with Crippen LogP contribution in [-0.4, -0.2) is 44.0 Å². The van der Waals surface area contributed by atoms with E-state index >= 15 is 0 Å². The Labute approximate surface area is 193 Å². The van der Waals surface area contributed by atoms with Crippen molar-refractivity contribution in [1.29, 1.82) is 0 Å². The fourth-order valence-corrected chi connectivity index (χ4v) is 4.04. The summed E-state index contributed by atoms with van der Waals surface area (Å²) in [7, 11) is 5.78. The molecule has 0 bridgehead atoms. The van der Waals surface area contributed by atoms with Gasteiger partial charge >= 0.3 is 5.97 Å². The van der Waals surface area contributed by atoms with Gasteiger partial charge in [0.2, 0.25) is 0 Å². The Kier molecular flexibility index (Phi) is 5.93. The van der Waals surface area contributed by atoms with Crippen LogP contribution in [0.15, 0.2) is 47.2 Å². The van der Waals surface area contributed by atoms with Gasteiger partial charge in [0.1, 0.15) is 5.82 Å². The maximum Gasteiger partial charge on any atom is 0.340 e. The number of methoxy groups -OCH3 is 2. The highest BCUT2D eigenvalue weighted by atomic mass is 19.1. The van der Waals surface area contributed by atoms with Crippen molar-refractivity contribution in [2.24, 2.45) is 7.05 Å². The molecule has 0 radical (unpaired) electrons. The molecule has 0 fully saturated rings. The van der Waals surface area contributed by atoms with Gasteiger partial charge in [0.05, 0.1) is 31.6 Å². The molecular formula is C25H21FN2O6. The molecule has 1 N–H and O–H groups in total. The molecule has 4 rings (SSSR count). The van der Waals surface area contributed by atoms with E-state index in [0.29, 0.717) is 45.0 Å². The summed E-state index contributed by atoms with van der Waals surface area (Å²) in [5, 5.41) is 3.47. The van der Waals surface area contributed by atoms with Crippen LogP contribution in [0, 0.1) is 5.82 Å². The summed E-state index contributed by atoms with van der Waals surface area (Å²) in [4.78, 5) is 37.4. The van der Waals surface area contributed by atoms with Crippen molar-refractivity contribution < 1.29 is 32.7 Å². The van der Waals surface area contributed by atoms with Crippen molar-refractivity contribution in [3.63, 3.8) is 0 Å². The minimum Gasteiger partial charge on any atom is -0.493 e. The molecule has 0 aliphatic carbocycles. The highest BCUT2D eigenvalue weighted by Crippen LogP contribution is 2.38. The van der Waals surface area contributed by atoms with Crippen LogP contribution in [0.2, 0.25) is 0 Å². The van der Waals surface area contributed by atoms with E-state index in [-0.39, 0.29) is 16.7 Å². The molecule has 0 unspecified atom stereocenters. The third kappa shape index (κ3) is 3.51. The van der Waals surface area contributed by atoms with Crippen LogP contribution < -0.4 is 10.1 Å². The molecule has 4 aromatic rings. The van der Waals surface area contributed by atoms with Gasteiger partial charge in [-0.3, -0.25) is 9.59 Å². The molecule has 0 spiro atoms. The van der Waals surface area contributed by atoms with Gasteiger partial charge in [-0.25, -0.2) is 9.18 Å². The Morgan fingerprint density at radius 3 is 2.53 bits per heavy atom. The van der Waals surface area contributed by atoms with Crippen molar-refractivity contribution >= 4 is 51.2 Å². The van der Waals surface area contributed by atoms with Crippen molar-refractivity contribution in [2.45, 2.75) is 0 Å². The Morgan fingerprint density at radius 2 is 1.88 bits per heavy atom. The molecule has 0 atom stereocenters. The molecule has 2 aromatic carbocycles. The molecule has 8 nitrogen and oxygen atoms in total. The lowest BCUT2D eigenvalue weighted by molar-refractivity contribution is -0.115. The lowest BCUT2D eigenvalue weighted by atomic mass is 9.93. The van der Waals surface area contributed by atoms with E-state index in [1.54, 1.807) is 36.0 Å². The Morgan fingerprint density at radius 1 is 1.12 bits per heavy atom. The number of nitrogens with one attached hydrogen (secondary N) is 1. The fourth-order valence-electron chi connectivity index (χ4n) is 4.04. The summed E-state index contributed by atoms with van der Waals surface area (Å²) >= 11 is 0. The number of carbonyl (C=O) groups excluding carboxylic acids is 3. The molecule has 0 saturated heterocycles. The van der Waals surface area contributed by atoms with E-state index in [4.69, 9.17) is 9.15 Å². The maximum absolute atomic E-state index is 14.8. The summed E-state index contributed by atoms with van der Waals surface area (Å²) in [6.45, 7) is 0. The van der Waals surface area contributed by atoms with E-state index in [1.165, 1.54) is 26.5 Å². The van der Waals surface area contributed by atoms with Crippen LogP contribution in [0.3, 0.4) is 0 Å². The lowest BCUT2D eigenvalue weighted by Crippen LogP contribution is -2.20. The number of allylic oxidation sites excluding steroid dienone is 1. The molecular weight excluding hydrogens is 443 g/mol. The number of fused-ring (bicyclic) bond motifs is 2. The van der Waals surface area contributed by atoms with Crippen LogP contribution in [0.25, 0.3) is 33.0 Å². The number of para-hydroxylation sites is 1. The number of furan rings is 1. The second-order valence-electron chi connectivity index (χ2n) is 7.47. The van der Waals surface area contributed by atoms with Gasteiger partial charge in [-0.15, -0.1) is 0 Å². The van der Waals surface area contributed by atoms with Gasteiger partial charge in [-0.1, -0.05) is 12.1 Å². The number of ether oxygens (including phenoxy) is 2. The number of nitrogens with zero attached hydrogens (tertiary/aromatic N) is 1. The molecule has 1 amide bonds. The quantitative estimate of drug-likeness (QED) is 0.265. The first-order valence-corrected chi connectivity index (χ1v) is 10.2. The van der Waals surface area contributed by atoms with E-state index in [9.17, 15) is 18.8 Å². The van der Waals surface area contributed by atoms with Crippen LogP contribution >= 0.6 is 0 Å². The number of carbonyl (C=O) groups is 3. The number of aryl methyl sites for hydroxylation is 1. The average Bonchev–Trinajstić information content (AvgIpc) is 3.41. The number of hydrogen-bond donors (Lipinski definition) is 1. The number of esters is 1. The second-order valence-corrected chi connectivity index (χ2v) is 7.47. The van der Waals surface area contributed by atoms with Crippen molar-refractivity contribution in [3.8, 4) is 5.75 Å². The topological polar surface area (TPSA) is 99.8 Å². The summed E-state index contributed by atoms with van der Waals surface area (Å²) in [6.07, 6.45) is 3.54. The highest BCUT2D eigenvalue weighted by molar-refractivity contribution is 6.38. The first kappa shape index (κ1) is 22.8. The smallest absolute Gasteiger partial charge is 0.340 e. The Balaban J connectivity index is 2.06. The predicted molar refractivity (Wildman–Crippen MR) is 124 cm³/mol. The summed E-state index contributed by atoms with van der Waals surface area (Å²) in [5.74, 6) is -1.71.